The molecule has 2 heteroatoms. The van der Waals surface area contributed by atoms with Crippen LogP contribution in [-0.2, 0) is 4.79 Å². The molecule has 17 heavy (non-hydrogen) atoms. The van der Waals surface area contributed by atoms with Crippen molar-refractivity contribution in [3.8, 4) is 0 Å². The van der Waals surface area contributed by atoms with Crippen LogP contribution >= 0.6 is 0 Å². The van der Waals surface area contributed by atoms with Crippen molar-refractivity contribution in [1.82, 2.24) is 5.32 Å². The summed E-state index contributed by atoms with van der Waals surface area (Å²) in [5.41, 5.74) is 0.971. The highest BCUT2D eigenvalue weighted by Gasteiger charge is 2.24. The lowest BCUT2D eigenvalue weighted by Crippen LogP contribution is -2.44. The van der Waals surface area contributed by atoms with Crippen molar-refractivity contribution in [2.75, 3.05) is 0 Å². The number of carbonyl (C=O) groups is 1. The van der Waals surface area contributed by atoms with Crippen LogP contribution in [0.25, 0.3) is 0 Å². The summed E-state index contributed by atoms with van der Waals surface area (Å²) in [4.78, 5) is 12.2. The van der Waals surface area contributed by atoms with E-state index in [4.69, 9.17) is 0 Å². The van der Waals surface area contributed by atoms with Crippen LogP contribution in [-0.4, -0.2) is 11.4 Å². The van der Waals surface area contributed by atoms with Crippen molar-refractivity contribution in [3.63, 3.8) is 0 Å². The fraction of sp³-hybridized carbons (Fsp3) is 0.533. The second-order valence-electron chi connectivity index (χ2n) is 5.10. The van der Waals surface area contributed by atoms with Gasteiger partial charge in [0.25, 0.3) is 0 Å². The van der Waals surface area contributed by atoms with Crippen LogP contribution in [0.5, 0.6) is 0 Å². The molecule has 0 heterocycles. The first kappa shape index (κ1) is 13.8. The van der Waals surface area contributed by atoms with Gasteiger partial charge in [0.05, 0.1) is 5.92 Å². The van der Waals surface area contributed by atoms with Gasteiger partial charge in [-0.2, -0.15) is 0 Å². The Balaban J connectivity index is 2.79. The highest BCUT2D eigenvalue weighted by Crippen LogP contribution is 2.21. The van der Waals surface area contributed by atoms with E-state index in [-0.39, 0.29) is 17.4 Å². The van der Waals surface area contributed by atoms with E-state index in [1.54, 1.807) is 0 Å². The molecule has 1 rings (SSSR count). The number of hydrogen-bond acceptors (Lipinski definition) is 1. The third kappa shape index (κ3) is 3.88. The summed E-state index contributed by atoms with van der Waals surface area (Å²) in [6.07, 6.45) is 1.76. The molecule has 0 saturated carbocycles. The zero-order chi connectivity index (χ0) is 12.9. The molecule has 1 amide bonds. The van der Waals surface area contributed by atoms with Crippen molar-refractivity contribution in [2.45, 2.75) is 52.0 Å². The van der Waals surface area contributed by atoms with Crippen molar-refractivity contribution < 1.29 is 4.79 Å². The predicted octanol–water partition coefficient (Wildman–Crippen LogP) is 3.49. The minimum Gasteiger partial charge on any atom is -0.351 e. The van der Waals surface area contributed by atoms with Crippen LogP contribution in [0, 0.1) is 0 Å². The average Bonchev–Trinajstić information content (AvgIpc) is 2.31. The van der Waals surface area contributed by atoms with Gasteiger partial charge in [0.15, 0.2) is 0 Å². The summed E-state index contributed by atoms with van der Waals surface area (Å²) >= 11 is 0. The van der Waals surface area contributed by atoms with Gasteiger partial charge in [0, 0.05) is 5.54 Å². The lowest BCUT2D eigenvalue weighted by Gasteiger charge is -2.27. The van der Waals surface area contributed by atoms with Gasteiger partial charge in [0.2, 0.25) is 5.91 Å². The molecule has 0 aliphatic heterocycles. The van der Waals surface area contributed by atoms with Crippen molar-refractivity contribution in [3.05, 3.63) is 35.9 Å². The molecule has 1 atom stereocenters. The highest BCUT2D eigenvalue weighted by atomic mass is 16.2. The standard InChI is InChI=1S/C15H23NO/c1-5-13(12-10-8-7-9-11-12)14(17)16-15(3,4)6-2/h7-11,13H,5-6H2,1-4H3,(H,16,17). The van der Waals surface area contributed by atoms with Crippen molar-refractivity contribution in [1.29, 1.82) is 0 Å². The number of carbonyl (C=O) groups excluding carboxylic acids is 1. The van der Waals surface area contributed by atoms with E-state index in [0.29, 0.717) is 0 Å². The minimum absolute atomic E-state index is 0.0398. The zero-order valence-corrected chi connectivity index (χ0v) is 11.3. The molecule has 0 fully saturated rings. The normalized spacial score (nSPS) is 13.2. The Morgan fingerprint density at radius 2 is 1.82 bits per heavy atom. The summed E-state index contributed by atoms with van der Waals surface area (Å²) < 4.78 is 0. The Kier molecular flexibility index (Phi) is 4.73. The summed E-state index contributed by atoms with van der Waals surface area (Å²) in [7, 11) is 0. The fourth-order valence-corrected chi connectivity index (χ4v) is 1.77. The molecule has 1 aromatic carbocycles. The van der Waals surface area contributed by atoms with E-state index < -0.39 is 0 Å². The van der Waals surface area contributed by atoms with Gasteiger partial charge in [-0.15, -0.1) is 0 Å². The predicted molar refractivity (Wildman–Crippen MR) is 72.0 cm³/mol. The van der Waals surface area contributed by atoms with Crippen LogP contribution in [0.15, 0.2) is 30.3 Å². The first-order valence-corrected chi connectivity index (χ1v) is 6.37. The molecular weight excluding hydrogens is 210 g/mol. The maximum atomic E-state index is 12.2. The van der Waals surface area contributed by atoms with Crippen LogP contribution < -0.4 is 5.32 Å². The first-order valence-electron chi connectivity index (χ1n) is 6.37. The first-order chi connectivity index (χ1) is 8.00. The Morgan fingerprint density at radius 1 is 1.24 bits per heavy atom. The molecule has 2 nitrogen and oxygen atoms in total. The summed E-state index contributed by atoms with van der Waals surface area (Å²) in [6, 6.07) is 9.98. The second kappa shape index (κ2) is 5.85. The fourth-order valence-electron chi connectivity index (χ4n) is 1.77. The number of rotatable bonds is 5. The zero-order valence-electron chi connectivity index (χ0n) is 11.3. The third-order valence-corrected chi connectivity index (χ3v) is 3.27. The number of hydrogen-bond donors (Lipinski definition) is 1. The lowest BCUT2D eigenvalue weighted by atomic mass is 9.93. The summed E-state index contributed by atoms with van der Waals surface area (Å²) in [6.45, 7) is 8.26. The third-order valence-electron chi connectivity index (χ3n) is 3.27. The van der Waals surface area contributed by atoms with Gasteiger partial charge in [-0.25, -0.2) is 0 Å². The molecular formula is C15H23NO. The Labute approximate surface area is 104 Å². The number of nitrogens with one attached hydrogen (secondary N) is 1. The van der Waals surface area contributed by atoms with Crippen LogP contribution in [0.3, 0.4) is 0 Å². The van der Waals surface area contributed by atoms with Crippen LogP contribution in [0.1, 0.15) is 52.0 Å². The van der Waals surface area contributed by atoms with Gasteiger partial charge in [-0.1, -0.05) is 44.2 Å². The Bertz CT molecular complexity index is 356. The smallest absolute Gasteiger partial charge is 0.227 e. The second-order valence-corrected chi connectivity index (χ2v) is 5.10. The van der Waals surface area contributed by atoms with Gasteiger partial charge < -0.3 is 5.32 Å². The topological polar surface area (TPSA) is 29.1 Å². The van der Waals surface area contributed by atoms with Crippen LogP contribution in [0.4, 0.5) is 0 Å². The molecule has 0 radical (unpaired) electrons. The monoisotopic (exact) mass is 233 g/mol. The van der Waals surface area contributed by atoms with E-state index in [1.165, 1.54) is 0 Å². The molecule has 1 unspecified atom stereocenters. The number of amides is 1. The molecule has 0 aromatic heterocycles. The Hall–Kier alpha value is -1.31. The summed E-state index contributed by atoms with van der Waals surface area (Å²) in [5.74, 6) is 0.0903. The SMILES string of the molecule is CCC(C(=O)NC(C)(C)CC)c1ccccc1. The van der Waals surface area contributed by atoms with E-state index in [0.717, 1.165) is 18.4 Å². The van der Waals surface area contributed by atoms with Gasteiger partial charge in [-0.05, 0) is 32.3 Å². The lowest BCUT2D eigenvalue weighted by molar-refractivity contribution is -0.124. The maximum Gasteiger partial charge on any atom is 0.227 e. The average molecular weight is 233 g/mol. The number of benzene rings is 1. The molecule has 94 valence electrons. The van der Waals surface area contributed by atoms with E-state index in [2.05, 4.69) is 33.0 Å². The maximum absolute atomic E-state index is 12.2. The molecule has 1 N–H and O–H groups in total. The Morgan fingerprint density at radius 3 is 2.29 bits per heavy atom. The van der Waals surface area contributed by atoms with E-state index in [1.807, 2.05) is 30.3 Å². The largest absolute Gasteiger partial charge is 0.351 e. The molecule has 0 saturated heterocycles. The van der Waals surface area contributed by atoms with Crippen molar-refractivity contribution >= 4 is 5.91 Å². The quantitative estimate of drug-likeness (QED) is 0.828. The summed E-state index contributed by atoms with van der Waals surface area (Å²) in [5, 5.41) is 3.12. The van der Waals surface area contributed by atoms with Gasteiger partial charge in [-0.3, -0.25) is 4.79 Å². The van der Waals surface area contributed by atoms with E-state index in [9.17, 15) is 4.79 Å². The van der Waals surface area contributed by atoms with Crippen LogP contribution in [0.2, 0.25) is 0 Å². The molecule has 0 spiro atoms. The van der Waals surface area contributed by atoms with Crippen molar-refractivity contribution in [2.24, 2.45) is 0 Å². The van der Waals surface area contributed by atoms with Gasteiger partial charge in [0.1, 0.15) is 0 Å². The van der Waals surface area contributed by atoms with E-state index >= 15 is 0 Å². The molecule has 1 aromatic rings. The minimum atomic E-state index is -0.126. The van der Waals surface area contributed by atoms with Gasteiger partial charge >= 0.3 is 0 Å². The molecule has 0 aliphatic carbocycles. The molecule has 0 aliphatic rings. The highest BCUT2D eigenvalue weighted by molar-refractivity contribution is 5.84. The molecule has 0 bridgehead atoms.